The van der Waals surface area contributed by atoms with Gasteiger partial charge in [0.15, 0.2) is 5.75 Å². The fourth-order valence-corrected chi connectivity index (χ4v) is 3.97. The van der Waals surface area contributed by atoms with Crippen molar-refractivity contribution in [2.24, 2.45) is 5.14 Å². The number of nitrogens with zero attached hydrogens (tertiary/aromatic N) is 1. The van der Waals surface area contributed by atoms with Gasteiger partial charge < -0.3 is 10.1 Å². The molecule has 0 atom stereocenters. The second kappa shape index (κ2) is 9.92. The first-order valence-electron chi connectivity index (χ1n) is 10.1. The van der Waals surface area contributed by atoms with E-state index >= 15 is 0 Å². The highest BCUT2D eigenvalue weighted by atomic mass is 32.2. The molecule has 0 aromatic heterocycles. The SMILES string of the molecule is CCCCNc1cc(C(=O)NN2CCCC2)c(S(N)(=O)=O)cc1Oc1ccccc1. The van der Waals surface area contributed by atoms with Crippen LogP contribution in [0.2, 0.25) is 0 Å². The number of sulfonamides is 1. The summed E-state index contributed by atoms with van der Waals surface area (Å²) >= 11 is 0. The van der Waals surface area contributed by atoms with Gasteiger partial charge in [-0.25, -0.2) is 18.6 Å². The number of hydrogen-bond donors (Lipinski definition) is 3. The molecule has 2 aromatic carbocycles. The summed E-state index contributed by atoms with van der Waals surface area (Å²) in [6.07, 6.45) is 3.86. The van der Waals surface area contributed by atoms with Crippen LogP contribution in [0, 0.1) is 0 Å². The molecule has 0 spiro atoms. The van der Waals surface area contributed by atoms with Crippen LogP contribution in [-0.4, -0.2) is 39.0 Å². The molecule has 2 aromatic rings. The molecule has 4 N–H and O–H groups in total. The van der Waals surface area contributed by atoms with Gasteiger partial charge in [-0.2, -0.15) is 0 Å². The van der Waals surface area contributed by atoms with Crippen molar-refractivity contribution in [3.8, 4) is 11.5 Å². The minimum absolute atomic E-state index is 0.0104. The Morgan fingerprint density at radius 2 is 1.87 bits per heavy atom. The Morgan fingerprint density at radius 3 is 2.50 bits per heavy atom. The van der Waals surface area contributed by atoms with Gasteiger partial charge >= 0.3 is 0 Å². The molecule has 0 unspecified atom stereocenters. The van der Waals surface area contributed by atoms with Crippen LogP contribution in [0.1, 0.15) is 43.0 Å². The highest BCUT2D eigenvalue weighted by Crippen LogP contribution is 2.34. The minimum atomic E-state index is -4.16. The molecule has 30 heavy (non-hydrogen) atoms. The molecule has 1 aliphatic rings. The van der Waals surface area contributed by atoms with Crippen LogP contribution >= 0.6 is 0 Å². The smallest absolute Gasteiger partial charge is 0.267 e. The summed E-state index contributed by atoms with van der Waals surface area (Å²) in [5.41, 5.74) is 3.30. The lowest BCUT2D eigenvalue weighted by Crippen LogP contribution is -2.40. The number of nitrogens with one attached hydrogen (secondary N) is 2. The predicted molar refractivity (Wildman–Crippen MR) is 116 cm³/mol. The number of amides is 1. The zero-order valence-corrected chi connectivity index (χ0v) is 17.9. The molecule has 1 fully saturated rings. The van der Waals surface area contributed by atoms with Crippen molar-refractivity contribution in [2.45, 2.75) is 37.5 Å². The molecule has 0 bridgehead atoms. The maximum atomic E-state index is 12.9. The summed E-state index contributed by atoms with van der Waals surface area (Å²) in [6.45, 7) is 4.19. The quantitative estimate of drug-likeness (QED) is 0.525. The predicted octanol–water partition coefficient (Wildman–Crippen LogP) is 3.08. The summed E-state index contributed by atoms with van der Waals surface area (Å²) in [4.78, 5) is 12.6. The fourth-order valence-electron chi connectivity index (χ4n) is 3.24. The number of anilines is 1. The Bertz CT molecular complexity index is 974. The Kier molecular flexibility index (Phi) is 7.30. The lowest BCUT2D eigenvalue weighted by molar-refractivity contribution is 0.0822. The first-order valence-corrected chi connectivity index (χ1v) is 11.7. The third-order valence-corrected chi connectivity index (χ3v) is 5.77. The number of hydrazine groups is 1. The molecule has 8 nitrogen and oxygen atoms in total. The molecular weight excluding hydrogens is 404 g/mol. The largest absolute Gasteiger partial charge is 0.455 e. The number of carbonyl (C=O) groups excluding carboxylic acids is 1. The van der Waals surface area contributed by atoms with Gasteiger partial charge in [-0.1, -0.05) is 31.5 Å². The summed E-state index contributed by atoms with van der Waals surface area (Å²) in [5.74, 6) is 0.329. The molecule has 3 rings (SSSR count). The number of hydrogen-bond acceptors (Lipinski definition) is 6. The van der Waals surface area contributed by atoms with E-state index in [9.17, 15) is 13.2 Å². The zero-order valence-electron chi connectivity index (χ0n) is 17.1. The monoisotopic (exact) mass is 432 g/mol. The third kappa shape index (κ3) is 5.71. The van der Waals surface area contributed by atoms with E-state index in [1.807, 2.05) is 18.2 Å². The topological polar surface area (TPSA) is 114 Å². The van der Waals surface area contributed by atoms with Gasteiger partial charge in [0.05, 0.1) is 16.1 Å². The van der Waals surface area contributed by atoms with Crippen LogP contribution < -0.4 is 20.6 Å². The van der Waals surface area contributed by atoms with Crippen molar-refractivity contribution in [3.63, 3.8) is 0 Å². The first-order chi connectivity index (χ1) is 14.4. The van der Waals surface area contributed by atoms with E-state index in [-0.39, 0.29) is 10.5 Å². The van der Waals surface area contributed by atoms with Gasteiger partial charge in [0.1, 0.15) is 5.75 Å². The van der Waals surface area contributed by atoms with E-state index < -0.39 is 15.9 Å². The molecule has 0 aliphatic carbocycles. The van der Waals surface area contributed by atoms with Crippen LogP contribution in [0.15, 0.2) is 47.4 Å². The van der Waals surface area contributed by atoms with E-state index in [2.05, 4.69) is 17.7 Å². The average Bonchev–Trinajstić information content (AvgIpc) is 3.22. The van der Waals surface area contributed by atoms with Crippen LogP contribution in [0.4, 0.5) is 5.69 Å². The molecule has 1 aliphatic heterocycles. The Morgan fingerprint density at radius 1 is 1.17 bits per heavy atom. The maximum Gasteiger partial charge on any atom is 0.267 e. The van der Waals surface area contributed by atoms with E-state index in [0.717, 1.165) is 38.8 Å². The van der Waals surface area contributed by atoms with Crippen LogP contribution in [0.3, 0.4) is 0 Å². The first kappa shape index (κ1) is 22.1. The number of rotatable bonds is 9. The van der Waals surface area contributed by atoms with E-state index in [1.165, 1.54) is 12.1 Å². The Hall–Kier alpha value is -2.62. The highest BCUT2D eigenvalue weighted by molar-refractivity contribution is 7.89. The number of carbonyl (C=O) groups is 1. The normalized spacial score (nSPS) is 14.5. The summed E-state index contributed by atoms with van der Waals surface area (Å²) in [5, 5.41) is 10.5. The minimum Gasteiger partial charge on any atom is -0.455 e. The molecular formula is C21H28N4O4S. The molecule has 162 valence electrons. The summed E-state index contributed by atoms with van der Waals surface area (Å²) in [7, 11) is -4.16. The van der Waals surface area contributed by atoms with Gasteiger partial charge in [0, 0.05) is 25.7 Å². The highest BCUT2D eigenvalue weighted by Gasteiger charge is 2.25. The van der Waals surface area contributed by atoms with Gasteiger partial charge in [-0.3, -0.25) is 10.2 Å². The number of para-hydroxylation sites is 1. The van der Waals surface area contributed by atoms with Crippen molar-refractivity contribution in [1.29, 1.82) is 0 Å². The Labute approximate surface area is 177 Å². The van der Waals surface area contributed by atoms with Crippen LogP contribution in [0.5, 0.6) is 11.5 Å². The van der Waals surface area contributed by atoms with E-state index in [4.69, 9.17) is 9.88 Å². The van der Waals surface area contributed by atoms with E-state index in [0.29, 0.717) is 23.7 Å². The van der Waals surface area contributed by atoms with Gasteiger partial charge in [0.2, 0.25) is 10.0 Å². The maximum absolute atomic E-state index is 12.9. The lowest BCUT2D eigenvalue weighted by atomic mass is 10.1. The van der Waals surface area contributed by atoms with Crippen LogP contribution in [-0.2, 0) is 10.0 Å². The van der Waals surface area contributed by atoms with Gasteiger partial charge in [0.25, 0.3) is 5.91 Å². The van der Waals surface area contributed by atoms with Crippen molar-refractivity contribution in [2.75, 3.05) is 25.0 Å². The standard InChI is InChI=1S/C21H28N4O4S/c1-2-3-11-23-18-14-17(21(26)24-25-12-7-8-13-25)20(30(22,27)28)15-19(18)29-16-9-5-4-6-10-16/h4-6,9-10,14-15,23H,2-3,7-8,11-13H2,1H3,(H,24,26)(H2,22,27,28). The molecule has 0 radical (unpaired) electrons. The number of nitrogens with two attached hydrogens (primary N) is 1. The van der Waals surface area contributed by atoms with Gasteiger partial charge in [-0.05, 0) is 37.5 Å². The molecule has 1 amide bonds. The van der Waals surface area contributed by atoms with E-state index in [1.54, 1.807) is 17.1 Å². The van der Waals surface area contributed by atoms with Crippen molar-refractivity contribution in [1.82, 2.24) is 10.4 Å². The number of primary sulfonamides is 1. The van der Waals surface area contributed by atoms with Crippen LogP contribution in [0.25, 0.3) is 0 Å². The molecule has 0 saturated carbocycles. The molecule has 1 heterocycles. The molecule has 9 heteroatoms. The number of benzene rings is 2. The van der Waals surface area contributed by atoms with Gasteiger partial charge in [-0.15, -0.1) is 0 Å². The second-order valence-corrected chi connectivity index (χ2v) is 8.75. The fraction of sp³-hybridized carbons (Fsp3) is 0.381. The summed E-state index contributed by atoms with van der Waals surface area (Å²) < 4.78 is 30.5. The Balaban J connectivity index is 2.01. The molecule has 1 saturated heterocycles. The van der Waals surface area contributed by atoms with Crippen molar-refractivity contribution in [3.05, 3.63) is 48.0 Å². The summed E-state index contributed by atoms with van der Waals surface area (Å²) in [6, 6.07) is 11.8. The lowest BCUT2D eigenvalue weighted by Gasteiger charge is -2.20. The van der Waals surface area contributed by atoms with Crippen molar-refractivity contribution < 1.29 is 17.9 Å². The second-order valence-electron chi connectivity index (χ2n) is 7.22. The van der Waals surface area contributed by atoms with Crippen molar-refractivity contribution >= 4 is 21.6 Å². The third-order valence-electron chi connectivity index (χ3n) is 4.82. The number of ether oxygens (including phenoxy) is 1. The average molecular weight is 433 g/mol. The zero-order chi connectivity index (χ0) is 21.6. The number of unbranched alkanes of at least 4 members (excludes halogenated alkanes) is 1.